The molecule has 1 N–H and O–H groups in total. The summed E-state index contributed by atoms with van der Waals surface area (Å²) in [6.45, 7) is 7.62. The molecule has 32 heavy (non-hydrogen) atoms. The van der Waals surface area contributed by atoms with Crippen LogP contribution in [0.1, 0.15) is 71.6 Å². The van der Waals surface area contributed by atoms with Gasteiger partial charge in [-0.05, 0) is 99.8 Å². The number of carbonyl (C=O) groups excluding carboxylic acids is 1. The number of amides is 1. The molecule has 0 aromatic carbocycles. The fourth-order valence-corrected chi connectivity index (χ4v) is 9.54. The van der Waals surface area contributed by atoms with Gasteiger partial charge in [-0.25, -0.2) is 4.79 Å². The van der Waals surface area contributed by atoms with Gasteiger partial charge in [-0.2, -0.15) is 0 Å². The summed E-state index contributed by atoms with van der Waals surface area (Å²) in [5.74, 6) is 3.56. The van der Waals surface area contributed by atoms with Crippen LogP contribution in [0.4, 0.5) is 4.79 Å². The van der Waals surface area contributed by atoms with Gasteiger partial charge in [-0.3, -0.25) is 0 Å². The molecule has 2 aliphatic heterocycles. The van der Waals surface area contributed by atoms with Gasteiger partial charge in [0.2, 0.25) is 0 Å². The van der Waals surface area contributed by atoms with E-state index in [1.54, 1.807) is 5.57 Å². The maximum atomic E-state index is 12.4. The van der Waals surface area contributed by atoms with Crippen molar-refractivity contribution < 1.29 is 14.3 Å². The van der Waals surface area contributed by atoms with E-state index >= 15 is 0 Å². The second-order valence-corrected chi connectivity index (χ2v) is 12.3. The summed E-state index contributed by atoms with van der Waals surface area (Å²) in [5, 5.41) is 3.18. The molecular formula is C27H42N2O3. The minimum atomic E-state index is -0.250. The van der Waals surface area contributed by atoms with Crippen LogP contribution in [0.25, 0.3) is 0 Å². The molecular weight excluding hydrogens is 400 g/mol. The van der Waals surface area contributed by atoms with Crippen LogP contribution in [0.3, 0.4) is 0 Å². The maximum Gasteiger partial charge on any atom is 0.407 e. The molecule has 5 nitrogen and oxygen atoms in total. The third-order valence-electron chi connectivity index (χ3n) is 11.2. The molecule has 0 aromatic heterocycles. The van der Waals surface area contributed by atoms with Crippen molar-refractivity contribution >= 4 is 6.09 Å². The van der Waals surface area contributed by atoms with E-state index in [4.69, 9.17) is 9.47 Å². The van der Waals surface area contributed by atoms with Crippen molar-refractivity contribution in [1.82, 2.24) is 10.2 Å². The van der Waals surface area contributed by atoms with Gasteiger partial charge in [-0.1, -0.05) is 18.6 Å². The Bertz CT molecular complexity index is 792. The van der Waals surface area contributed by atoms with E-state index in [0.717, 1.165) is 49.0 Å². The number of fused-ring (bicyclic) bond motifs is 4. The normalized spacial score (nSPS) is 50.1. The van der Waals surface area contributed by atoms with Gasteiger partial charge in [0, 0.05) is 25.0 Å². The number of alkyl carbamates (subject to hydrolysis) is 1. The number of hydrogen-bond donors (Lipinski definition) is 1. The van der Waals surface area contributed by atoms with Crippen LogP contribution >= 0.6 is 0 Å². The summed E-state index contributed by atoms with van der Waals surface area (Å²) >= 11 is 0. The molecule has 2 saturated heterocycles. The molecule has 5 fully saturated rings. The Kier molecular flexibility index (Phi) is 5.18. The van der Waals surface area contributed by atoms with Crippen LogP contribution < -0.4 is 5.32 Å². The Hall–Kier alpha value is -1.07. The predicted octanol–water partition coefficient (Wildman–Crippen LogP) is 4.76. The highest BCUT2D eigenvalue weighted by Gasteiger charge is 2.63. The fourth-order valence-electron chi connectivity index (χ4n) is 9.54. The van der Waals surface area contributed by atoms with Gasteiger partial charge >= 0.3 is 6.09 Å². The van der Waals surface area contributed by atoms with Crippen LogP contribution in [-0.2, 0) is 9.47 Å². The topological polar surface area (TPSA) is 50.8 Å². The highest BCUT2D eigenvalue weighted by atomic mass is 16.6. The molecule has 2 heterocycles. The first-order chi connectivity index (χ1) is 15.4. The standard InChI is InChI=1S/C27H42N2O3/c1-17-22-6-7-24-21-5-4-18-14-19(28-25(30)32-20-10-13-31-15-20)8-11-26(18,2)23(21)9-12-27(22,24)16-29(17)3/h4,17,19-24H,5-16H2,1-3H3,(H,28,30)/t17-,19-,20?,21+,22+,23?,24-,26-,27-/m0/s1. The van der Waals surface area contributed by atoms with Gasteiger partial charge in [0.15, 0.2) is 0 Å². The average molecular weight is 443 g/mol. The first-order valence-electron chi connectivity index (χ1n) is 13.4. The molecule has 3 saturated carbocycles. The molecule has 9 atom stereocenters. The quantitative estimate of drug-likeness (QED) is 0.626. The van der Waals surface area contributed by atoms with Gasteiger partial charge in [0.25, 0.3) is 0 Å². The summed E-state index contributed by atoms with van der Waals surface area (Å²) in [6.07, 6.45) is 13.4. The van der Waals surface area contributed by atoms with Crippen molar-refractivity contribution in [3.8, 4) is 0 Å². The second-order valence-electron chi connectivity index (χ2n) is 12.3. The molecule has 0 radical (unpaired) electrons. The van der Waals surface area contributed by atoms with E-state index in [1.807, 2.05) is 0 Å². The van der Waals surface area contributed by atoms with Crippen molar-refractivity contribution in [2.75, 3.05) is 26.8 Å². The summed E-state index contributed by atoms with van der Waals surface area (Å²) in [5.41, 5.74) is 2.56. The number of allylic oxidation sites excluding steroid dienone is 1. The largest absolute Gasteiger partial charge is 0.444 e. The van der Waals surface area contributed by atoms with Gasteiger partial charge in [0.05, 0.1) is 13.2 Å². The summed E-state index contributed by atoms with van der Waals surface area (Å²) in [4.78, 5) is 15.1. The third-order valence-corrected chi connectivity index (χ3v) is 11.2. The number of hydrogen-bond acceptors (Lipinski definition) is 4. The van der Waals surface area contributed by atoms with Crippen molar-refractivity contribution in [3.63, 3.8) is 0 Å². The number of nitrogens with one attached hydrogen (secondary N) is 1. The average Bonchev–Trinajstić information content (AvgIpc) is 3.45. The first-order valence-corrected chi connectivity index (χ1v) is 13.4. The van der Waals surface area contributed by atoms with Crippen LogP contribution in [0.5, 0.6) is 0 Å². The van der Waals surface area contributed by atoms with Crippen LogP contribution in [0.15, 0.2) is 11.6 Å². The minimum Gasteiger partial charge on any atom is -0.444 e. The Morgan fingerprint density at radius 2 is 2.00 bits per heavy atom. The monoisotopic (exact) mass is 442 g/mol. The summed E-state index contributed by atoms with van der Waals surface area (Å²) in [7, 11) is 2.36. The minimum absolute atomic E-state index is 0.0688. The summed E-state index contributed by atoms with van der Waals surface area (Å²) < 4.78 is 10.9. The third kappa shape index (κ3) is 3.13. The van der Waals surface area contributed by atoms with Crippen LogP contribution in [0, 0.1) is 34.5 Å². The number of rotatable bonds is 2. The lowest BCUT2D eigenvalue weighted by atomic mass is 9.47. The number of nitrogens with zero attached hydrogens (tertiary/aromatic N) is 1. The highest BCUT2D eigenvalue weighted by molar-refractivity contribution is 5.68. The zero-order valence-electron chi connectivity index (χ0n) is 20.3. The molecule has 6 rings (SSSR count). The Morgan fingerprint density at radius 1 is 1.16 bits per heavy atom. The predicted molar refractivity (Wildman–Crippen MR) is 124 cm³/mol. The van der Waals surface area contributed by atoms with Gasteiger partial charge in [0.1, 0.15) is 6.10 Å². The van der Waals surface area contributed by atoms with Crippen LogP contribution in [0.2, 0.25) is 0 Å². The first kappa shape index (κ1) is 21.5. The lowest BCUT2D eigenvalue weighted by Gasteiger charge is -2.58. The molecule has 2 unspecified atom stereocenters. The Labute approximate surface area is 193 Å². The van der Waals surface area contributed by atoms with E-state index in [2.05, 4.69) is 37.2 Å². The van der Waals surface area contributed by atoms with Gasteiger partial charge in [-0.15, -0.1) is 0 Å². The van der Waals surface area contributed by atoms with Gasteiger partial charge < -0.3 is 19.7 Å². The van der Waals surface area contributed by atoms with E-state index in [9.17, 15) is 4.79 Å². The second kappa shape index (κ2) is 7.73. The molecule has 1 amide bonds. The molecule has 0 bridgehead atoms. The number of ether oxygens (including phenoxy) is 2. The Morgan fingerprint density at radius 3 is 2.81 bits per heavy atom. The SMILES string of the molecule is C[C@H]1[C@H]2CC[C@H]3[C@@H]4CC=C5C[C@@H](NC(=O)OC6CCOC6)CC[C@]5(C)C4CC[C@]23CN1C. The smallest absolute Gasteiger partial charge is 0.407 e. The highest BCUT2D eigenvalue weighted by Crippen LogP contribution is 2.68. The van der Waals surface area contributed by atoms with E-state index < -0.39 is 0 Å². The lowest BCUT2D eigenvalue weighted by molar-refractivity contribution is -0.0406. The van der Waals surface area contributed by atoms with Crippen molar-refractivity contribution in [3.05, 3.63) is 11.6 Å². The molecule has 0 aromatic rings. The molecule has 5 heteroatoms. The number of carbonyl (C=O) groups is 1. The maximum absolute atomic E-state index is 12.4. The zero-order valence-corrected chi connectivity index (χ0v) is 20.3. The van der Waals surface area contributed by atoms with E-state index in [1.165, 1.54) is 45.1 Å². The van der Waals surface area contributed by atoms with Crippen molar-refractivity contribution in [2.24, 2.45) is 34.5 Å². The Balaban J connectivity index is 1.15. The van der Waals surface area contributed by atoms with Crippen molar-refractivity contribution in [1.29, 1.82) is 0 Å². The van der Waals surface area contributed by atoms with E-state index in [0.29, 0.717) is 24.0 Å². The zero-order chi connectivity index (χ0) is 22.1. The molecule has 4 aliphatic carbocycles. The van der Waals surface area contributed by atoms with Crippen LogP contribution in [-0.4, -0.2) is 56.0 Å². The number of likely N-dealkylation sites (tertiary alicyclic amines) is 1. The summed E-state index contributed by atoms with van der Waals surface area (Å²) in [6, 6.07) is 0.981. The van der Waals surface area contributed by atoms with E-state index in [-0.39, 0.29) is 18.2 Å². The lowest BCUT2D eigenvalue weighted by Crippen LogP contribution is -2.53. The molecule has 6 aliphatic rings. The van der Waals surface area contributed by atoms with Crippen molar-refractivity contribution in [2.45, 2.75) is 89.8 Å². The molecule has 1 spiro atoms. The molecule has 178 valence electrons. The fraction of sp³-hybridized carbons (Fsp3) is 0.889.